The zero-order valence-corrected chi connectivity index (χ0v) is 10.9. The van der Waals surface area contributed by atoms with Gasteiger partial charge < -0.3 is 5.32 Å². The second-order valence-electron chi connectivity index (χ2n) is 4.03. The molecule has 0 radical (unpaired) electrons. The molecule has 2 atom stereocenters. The average Bonchev–Trinajstić information content (AvgIpc) is 2.66. The summed E-state index contributed by atoms with van der Waals surface area (Å²) >= 11 is 1.74. The van der Waals surface area contributed by atoms with Crippen LogP contribution in [0.3, 0.4) is 0 Å². The molecule has 0 aliphatic heterocycles. The van der Waals surface area contributed by atoms with E-state index in [1.807, 2.05) is 0 Å². The van der Waals surface area contributed by atoms with Gasteiger partial charge >= 0.3 is 0 Å². The zero-order valence-electron chi connectivity index (χ0n) is 10.1. The molecular weight excluding hydrogens is 206 g/mol. The molecule has 0 aliphatic rings. The summed E-state index contributed by atoms with van der Waals surface area (Å²) in [7, 11) is 0. The van der Waals surface area contributed by atoms with Crippen LogP contribution in [0.1, 0.15) is 50.2 Å². The minimum atomic E-state index is 0.332. The Morgan fingerprint density at radius 3 is 2.60 bits per heavy atom. The topological polar surface area (TPSA) is 37.8 Å². The van der Waals surface area contributed by atoms with Crippen molar-refractivity contribution in [3.8, 4) is 0 Å². The van der Waals surface area contributed by atoms with Crippen LogP contribution in [0.15, 0.2) is 0 Å². The molecule has 0 bridgehead atoms. The first-order chi connectivity index (χ1) is 7.17. The van der Waals surface area contributed by atoms with E-state index in [-0.39, 0.29) is 0 Å². The molecule has 2 unspecified atom stereocenters. The Hall–Kier alpha value is -0.480. The van der Waals surface area contributed by atoms with Gasteiger partial charge in [0.1, 0.15) is 10.0 Å². The van der Waals surface area contributed by atoms with Gasteiger partial charge in [-0.25, -0.2) is 0 Å². The van der Waals surface area contributed by atoms with Crippen molar-refractivity contribution in [2.75, 3.05) is 6.54 Å². The Morgan fingerprint density at radius 2 is 2.00 bits per heavy atom. The van der Waals surface area contributed by atoms with Gasteiger partial charge in [0.2, 0.25) is 0 Å². The van der Waals surface area contributed by atoms with E-state index < -0.39 is 0 Å². The lowest BCUT2D eigenvalue weighted by Gasteiger charge is -2.06. The maximum atomic E-state index is 4.24. The fourth-order valence-corrected chi connectivity index (χ4v) is 2.39. The van der Waals surface area contributed by atoms with Gasteiger partial charge in [-0.3, -0.25) is 0 Å². The summed E-state index contributed by atoms with van der Waals surface area (Å²) in [5.74, 6) is 0.709. The Bertz CT molecular complexity index is 285. The van der Waals surface area contributed by atoms with Crippen molar-refractivity contribution in [1.82, 2.24) is 15.5 Å². The maximum Gasteiger partial charge on any atom is 0.134 e. The van der Waals surface area contributed by atoms with Crippen LogP contribution in [-0.4, -0.2) is 16.7 Å². The molecule has 1 aromatic rings. The molecule has 0 spiro atoms. The summed E-state index contributed by atoms with van der Waals surface area (Å²) in [6, 6.07) is 0.332. The fourth-order valence-electron chi connectivity index (χ4n) is 1.36. The van der Waals surface area contributed by atoms with Crippen molar-refractivity contribution in [3.63, 3.8) is 0 Å². The maximum absolute atomic E-state index is 4.24. The van der Waals surface area contributed by atoms with Crippen molar-refractivity contribution in [3.05, 3.63) is 10.0 Å². The largest absolute Gasteiger partial charge is 0.308 e. The van der Waals surface area contributed by atoms with Crippen molar-refractivity contribution in [2.45, 2.75) is 46.6 Å². The molecule has 1 aromatic heterocycles. The van der Waals surface area contributed by atoms with Gasteiger partial charge in [-0.15, -0.1) is 10.2 Å². The first-order valence-electron chi connectivity index (χ1n) is 5.73. The fraction of sp³-hybridized carbons (Fsp3) is 0.818. The summed E-state index contributed by atoms with van der Waals surface area (Å²) in [4.78, 5) is 0. The molecule has 0 saturated heterocycles. The van der Waals surface area contributed by atoms with Gasteiger partial charge in [-0.1, -0.05) is 38.5 Å². The van der Waals surface area contributed by atoms with E-state index in [1.165, 1.54) is 11.4 Å². The first-order valence-corrected chi connectivity index (χ1v) is 6.54. The van der Waals surface area contributed by atoms with Gasteiger partial charge in [0.05, 0.1) is 6.04 Å². The number of rotatable bonds is 6. The van der Waals surface area contributed by atoms with Crippen LogP contribution in [0.4, 0.5) is 0 Å². The first kappa shape index (κ1) is 12.6. The highest BCUT2D eigenvalue weighted by Crippen LogP contribution is 2.20. The smallest absolute Gasteiger partial charge is 0.134 e. The van der Waals surface area contributed by atoms with E-state index in [0.717, 1.165) is 18.0 Å². The van der Waals surface area contributed by atoms with E-state index in [4.69, 9.17) is 0 Å². The molecule has 3 nitrogen and oxygen atoms in total. The van der Waals surface area contributed by atoms with Crippen LogP contribution in [0.5, 0.6) is 0 Å². The minimum Gasteiger partial charge on any atom is -0.308 e. The predicted molar refractivity (Wildman–Crippen MR) is 65.2 cm³/mol. The molecule has 0 fully saturated rings. The van der Waals surface area contributed by atoms with Crippen LogP contribution >= 0.6 is 11.3 Å². The Morgan fingerprint density at radius 1 is 1.27 bits per heavy atom. The molecule has 0 saturated carbocycles. The number of nitrogens with zero attached hydrogens (tertiary/aromatic N) is 2. The minimum absolute atomic E-state index is 0.332. The zero-order chi connectivity index (χ0) is 11.3. The van der Waals surface area contributed by atoms with Gasteiger partial charge in [0.15, 0.2) is 0 Å². The van der Waals surface area contributed by atoms with Crippen molar-refractivity contribution in [1.29, 1.82) is 0 Å². The molecule has 15 heavy (non-hydrogen) atoms. The summed E-state index contributed by atoms with van der Waals surface area (Å²) < 4.78 is 0. The quantitative estimate of drug-likeness (QED) is 0.812. The molecule has 86 valence electrons. The Labute approximate surface area is 96.3 Å². The third-order valence-electron chi connectivity index (χ3n) is 2.58. The van der Waals surface area contributed by atoms with Gasteiger partial charge in [-0.05, 0) is 19.4 Å². The van der Waals surface area contributed by atoms with Crippen LogP contribution in [0.2, 0.25) is 0 Å². The van der Waals surface area contributed by atoms with E-state index in [0.29, 0.717) is 12.0 Å². The number of nitrogens with one attached hydrogen (secondary N) is 1. The van der Waals surface area contributed by atoms with Crippen molar-refractivity contribution >= 4 is 11.3 Å². The highest BCUT2D eigenvalue weighted by molar-refractivity contribution is 7.11. The Balaban J connectivity index is 2.55. The summed E-state index contributed by atoms with van der Waals surface area (Å²) in [5.41, 5.74) is 0. The molecule has 1 heterocycles. The second kappa shape index (κ2) is 6.18. The van der Waals surface area contributed by atoms with Crippen LogP contribution in [0, 0.1) is 5.92 Å². The van der Waals surface area contributed by atoms with Crippen molar-refractivity contribution in [2.24, 2.45) is 5.92 Å². The number of hydrogen-bond donors (Lipinski definition) is 1. The summed E-state index contributed by atoms with van der Waals surface area (Å²) in [6.07, 6.45) is 2.27. The highest BCUT2D eigenvalue weighted by atomic mass is 32.1. The predicted octanol–water partition coefficient (Wildman–Crippen LogP) is 2.80. The standard InChI is InChI=1S/C11H21N3S/c1-5-8(3)7-10-13-14-11(15-10)9(4)12-6-2/h8-9,12H,5-7H2,1-4H3. The molecule has 1 N–H and O–H groups in total. The van der Waals surface area contributed by atoms with E-state index in [1.54, 1.807) is 11.3 Å². The van der Waals surface area contributed by atoms with E-state index >= 15 is 0 Å². The molecule has 0 aliphatic carbocycles. The monoisotopic (exact) mass is 227 g/mol. The average molecular weight is 227 g/mol. The lowest BCUT2D eigenvalue weighted by atomic mass is 10.1. The molecule has 0 aromatic carbocycles. The van der Waals surface area contributed by atoms with E-state index in [2.05, 4.69) is 43.2 Å². The number of aromatic nitrogens is 2. The molecular formula is C11H21N3S. The Kier molecular flexibility index (Phi) is 5.19. The molecule has 4 heteroatoms. The molecule has 1 rings (SSSR count). The van der Waals surface area contributed by atoms with Gasteiger partial charge in [0.25, 0.3) is 0 Å². The van der Waals surface area contributed by atoms with Crippen molar-refractivity contribution < 1.29 is 0 Å². The summed E-state index contributed by atoms with van der Waals surface area (Å²) in [6.45, 7) is 9.69. The van der Waals surface area contributed by atoms with Crippen LogP contribution in [-0.2, 0) is 6.42 Å². The normalized spacial score (nSPS) is 15.2. The second-order valence-corrected chi connectivity index (χ2v) is 5.12. The lowest BCUT2D eigenvalue weighted by Crippen LogP contribution is -2.17. The molecule has 0 amide bonds. The third kappa shape index (κ3) is 3.87. The van der Waals surface area contributed by atoms with E-state index in [9.17, 15) is 0 Å². The van der Waals surface area contributed by atoms with Gasteiger partial charge in [0, 0.05) is 6.42 Å². The van der Waals surface area contributed by atoms with Crippen LogP contribution in [0.25, 0.3) is 0 Å². The van der Waals surface area contributed by atoms with Gasteiger partial charge in [-0.2, -0.15) is 0 Å². The van der Waals surface area contributed by atoms with Crippen LogP contribution < -0.4 is 5.32 Å². The highest BCUT2D eigenvalue weighted by Gasteiger charge is 2.12. The number of hydrogen-bond acceptors (Lipinski definition) is 4. The lowest BCUT2D eigenvalue weighted by molar-refractivity contribution is 0.555. The summed E-state index contributed by atoms with van der Waals surface area (Å²) in [5, 5.41) is 14.1. The SMILES string of the molecule is CCNC(C)c1nnc(CC(C)CC)s1. The third-order valence-corrected chi connectivity index (χ3v) is 3.71.